The van der Waals surface area contributed by atoms with E-state index in [0.29, 0.717) is 0 Å². The third-order valence-corrected chi connectivity index (χ3v) is 3.65. The van der Waals surface area contributed by atoms with Gasteiger partial charge in [-0.1, -0.05) is 6.92 Å². The van der Waals surface area contributed by atoms with Gasteiger partial charge in [0.05, 0.1) is 11.4 Å². The second-order valence-corrected chi connectivity index (χ2v) is 5.74. The van der Waals surface area contributed by atoms with Crippen LogP contribution in [0.2, 0.25) is 0 Å². The minimum Gasteiger partial charge on any atom is -0.319 e. The molecule has 14 heavy (non-hydrogen) atoms. The summed E-state index contributed by atoms with van der Waals surface area (Å²) < 4.78 is 25.0. The van der Waals surface area contributed by atoms with E-state index < -0.39 is 9.84 Å². The zero-order chi connectivity index (χ0) is 10.9. The van der Waals surface area contributed by atoms with Crippen molar-refractivity contribution >= 4 is 9.84 Å². The highest BCUT2D eigenvalue weighted by Crippen LogP contribution is 2.16. The highest BCUT2D eigenvalue weighted by atomic mass is 32.2. The summed E-state index contributed by atoms with van der Waals surface area (Å²) in [6.45, 7) is 7.31. The van der Waals surface area contributed by atoms with E-state index in [1.165, 1.54) is 0 Å². The van der Waals surface area contributed by atoms with Crippen molar-refractivity contribution in [2.24, 2.45) is 0 Å². The molecule has 1 aromatic heterocycles. The zero-order valence-electron chi connectivity index (χ0n) is 8.98. The lowest BCUT2D eigenvalue weighted by atomic mass is 10.4. The Hall–Kier alpha value is -0.840. The molecule has 0 unspecified atom stereocenters. The molecular formula is C9H16N2O2S. The van der Waals surface area contributed by atoms with Gasteiger partial charge in [0.15, 0.2) is 0 Å². The van der Waals surface area contributed by atoms with E-state index in [-0.39, 0.29) is 17.0 Å². The van der Waals surface area contributed by atoms with Crippen molar-refractivity contribution in [3.8, 4) is 0 Å². The lowest BCUT2D eigenvalue weighted by Crippen LogP contribution is -2.13. The van der Waals surface area contributed by atoms with Gasteiger partial charge in [0.1, 0.15) is 0 Å². The van der Waals surface area contributed by atoms with Gasteiger partial charge in [0.25, 0.3) is 0 Å². The molecule has 0 aromatic carbocycles. The summed E-state index contributed by atoms with van der Waals surface area (Å²) in [7, 11) is -3.20. The van der Waals surface area contributed by atoms with Gasteiger partial charge in [-0.15, -0.1) is 0 Å². The highest BCUT2D eigenvalue weighted by molar-refractivity contribution is 7.91. The Morgan fingerprint density at radius 1 is 1.50 bits per heavy atom. The molecule has 1 rings (SSSR count). The molecule has 1 heterocycles. The van der Waals surface area contributed by atoms with Crippen LogP contribution in [0.4, 0.5) is 0 Å². The SMILES string of the molecule is CCS(=O)(=O)c1nc(C)cn1C(C)C. The van der Waals surface area contributed by atoms with Gasteiger partial charge >= 0.3 is 0 Å². The summed E-state index contributed by atoms with van der Waals surface area (Å²) in [5.74, 6) is 0.0934. The molecule has 0 fully saturated rings. The minimum absolute atomic E-state index is 0.0934. The van der Waals surface area contributed by atoms with Crippen molar-refractivity contribution in [1.82, 2.24) is 9.55 Å². The van der Waals surface area contributed by atoms with Gasteiger partial charge in [-0.05, 0) is 20.8 Å². The van der Waals surface area contributed by atoms with Crippen LogP contribution in [0.15, 0.2) is 11.4 Å². The number of hydrogen-bond acceptors (Lipinski definition) is 3. The average molecular weight is 216 g/mol. The van der Waals surface area contributed by atoms with Crippen LogP contribution in [0.3, 0.4) is 0 Å². The Labute approximate surface area is 84.9 Å². The first-order valence-corrected chi connectivity index (χ1v) is 6.32. The predicted molar refractivity (Wildman–Crippen MR) is 55.1 cm³/mol. The Kier molecular flexibility index (Phi) is 2.99. The highest BCUT2D eigenvalue weighted by Gasteiger charge is 2.20. The number of nitrogens with zero attached hydrogens (tertiary/aromatic N) is 2. The number of hydrogen-bond donors (Lipinski definition) is 0. The number of sulfone groups is 1. The minimum atomic E-state index is -3.20. The standard InChI is InChI=1S/C9H16N2O2S/c1-5-14(12,13)9-10-8(4)6-11(9)7(2)3/h6-7H,5H2,1-4H3. The fourth-order valence-corrected chi connectivity index (χ4v) is 2.35. The third kappa shape index (κ3) is 1.97. The van der Waals surface area contributed by atoms with Gasteiger partial charge < -0.3 is 4.57 Å². The molecule has 4 nitrogen and oxygen atoms in total. The first-order valence-electron chi connectivity index (χ1n) is 4.66. The Morgan fingerprint density at radius 3 is 2.50 bits per heavy atom. The fraction of sp³-hybridized carbons (Fsp3) is 0.667. The number of aryl methyl sites for hydroxylation is 1. The van der Waals surface area contributed by atoms with E-state index in [9.17, 15) is 8.42 Å². The molecule has 5 heteroatoms. The van der Waals surface area contributed by atoms with Crippen molar-refractivity contribution in [3.63, 3.8) is 0 Å². The van der Waals surface area contributed by atoms with Crippen molar-refractivity contribution in [1.29, 1.82) is 0 Å². The average Bonchev–Trinajstić information content (AvgIpc) is 2.48. The van der Waals surface area contributed by atoms with Crippen LogP contribution >= 0.6 is 0 Å². The Morgan fingerprint density at radius 2 is 2.07 bits per heavy atom. The van der Waals surface area contributed by atoms with Gasteiger partial charge in [-0.25, -0.2) is 13.4 Å². The quantitative estimate of drug-likeness (QED) is 0.770. The van der Waals surface area contributed by atoms with Crippen LogP contribution in [0.5, 0.6) is 0 Å². The van der Waals surface area contributed by atoms with E-state index >= 15 is 0 Å². The lowest BCUT2D eigenvalue weighted by molar-refractivity contribution is 0.521. The molecule has 0 aliphatic carbocycles. The summed E-state index contributed by atoms with van der Waals surface area (Å²) in [5, 5.41) is 0.188. The van der Waals surface area contributed by atoms with E-state index in [1.807, 2.05) is 13.8 Å². The second-order valence-electron chi connectivity index (χ2n) is 3.57. The molecule has 0 saturated carbocycles. The maximum atomic E-state index is 11.7. The predicted octanol–water partition coefficient (Wildman–Crippen LogP) is 1.57. The summed E-state index contributed by atoms with van der Waals surface area (Å²) in [5.41, 5.74) is 0.741. The first-order chi connectivity index (χ1) is 6.38. The molecule has 0 radical (unpaired) electrons. The van der Waals surface area contributed by atoms with Gasteiger partial charge in [0.2, 0.25) is 15.0 Å². The van der Waals surface area contributed by atoms with Crippen molar-refractivity contribution in [2.45, 2.75) is 38.9 Å². The fourth-order valence-electron chi connectivity index (χ4n) is 1.22. The lowest BCUT2D eigenvalue weighted by Gasteiger charge is -2.10. The molecule has 0 atom stereocenters. The number of aromatic nitrogens is 2. The van der Waals surface area contributed by atoms with E-state index in [0.717, 1.165) is 5.69 Å². The Balaban J connectivity index is 3.34. The van der Waals surface area contributed by atoms with Crippen LogP contribution in [-0.4, -0.2) is 23.7 Å². The summed E-state index contributed by atoms with van der Waals surface area (Å²) in [4.78, 5) is 4.05. The second kappa shape index (κ2) is 3.73. The molecule has 0 saturated heterocycles. The maximum Gasteiger partial charge on any atom is 0.228 e. The largest absolute Gasteiger partial charge is 0.319 e. The van der Waals surface area contributed by atoms with Crippen LogP contribution in [-0.2, 0) is 9.84 Å². The van der Waals surface area contributed by atoms with E-state index in [4.69, 9.17) is 0 Å². The van der Waals surface area contributed by atoms with Gasteiger partial charge in [-0.3, -0.25) is 0 Å². The van der Waals surface area contributed by atoms with Crippen molar-refractivity contribution in [3.05, 3.63) is 11.9 Å². The number of imidazole rings is 1. The molecular weight excluding hydrogens is 200 g/mol. The first kappa shape index (κ1) is 11.2. The molecule has 80 valence electrons. The van der Waals surface area contributed by atoms with Crippen molar-refractivity contribution < 1.29 is 8.42 Å². The molecule has 0 bridgehead atoms. The topological polar surface area (TPSA) is 52.0 Å². The van der Waals surface area contributed by atoms with Crippen LogP contribution in [0.1, 0.15) is 32.5 Å². The molecule has 0 N–H and O–H groups in total. The van der Waals surface area contributed by atoms with Gasteiger partial charge in [-0.2, -0.15) is 0 Å². The van der Waals surface area contributed by atoms with Crippen LogP contribution in [0, 0.1) is 6.92 Å². The molecule has 0 aliphatic rings. The molecule has 0 aliphatic heterocycles. The van der Waals surface area contributed by atoms with E-state index in [2.05, 4.69) is 4.98 Å². The summed E-state index contributed by atoms with van der Waals surface area (Å²) in [6.07, 6.45) is 1.77. The maximum absolute atomic E-state index is 11.7. The third-order valence-electron chi connectivity index (χ3n) is 2.03. The smallest absolute Gasteiger partial charge is 0.228 e. The van der Waals surface area contributed by atoms with E-state index in [1.54, 1.807) is 24.6 Å². The number of rotatable bonds is 3. The molecule has 0 spiro atoms. The Bertz CT molecular complexity index is 418. The summed E-state index contributed by atoms with van der Waals surface area (Å²) in [6, 6.07) is 0.118. The molecule has 0 amide bonds. The van der Waals surface area contributed by atoms with Crippen LogP contribution < -0.4 is 0 Å². The molecule has 1 aromatic rings. The monoisotopic (exact) mass is 216 g/mol. The van der Waals surface area contributed by atoms with Crippen molar-refractivity contribution in [2.75, 3.05) is 5.75 Å². The van der Waals surface area contributed by atoms with Crippen LogP contribution in [0.25, 0.3) is 0 Å². The summed E-state index contributed by atoms with van der Waals surface area (Å²) >= 11 is 0. The van der Waals surface area contributed by atoms with Gasteiger partial charge in [0, 0.05) is 12.2 Å². The zero-order valence-corrected chi connectivity index (χ0v) is 9.80. The normalized spacial score (nSPS) is 12.4.